The van der Waals surface area contributed by atoms with Gasteiger partial charge < -0.3 is 14.8 Å². The van der Waals surface area contributed by atoms with Crippen LogP contribution in [0.2, 0.25) is 10.0 Å². The first kappa shape index (κ1) is 18.3. The maximum Gasteiger partial charge on any atom is 0.237 e. The van der Waals surface area contributed by atoms with E-state index >= 15 is 0 Å². The van der Waals surface area contributed by atoms with E-state index in [4.69, 9.17) is 23.2 Å². The topological polar surface area (TPSA) is 57.2 Å². The highest BCUT2D eigenvalue weighted by atomic mass is 35.5. The van der Waals surface area contributed by atoms with Crippen molar-refractivity contribution in [2.45, 2.75) is 13.0 Å². The second-order valence-corrected chi connectivity index (χ2v) is 8.01. The lowest BCUT2D eigenvalue weighted by Gasteiger charge is -2.28. The number of aromatic amines is 1. The molecule has 1 aliphatic heterocycles. The number of carbonyl (C=O) groups is 1. The van der Waals surface area contributed by atoms with Crippen molar-refractivity contribution in [1.29, 1.82) is 0 Å². The molecule has 27 heavy (non-hydrogen) atoms. The van der Waals surface area contributed by atoms with Crippen molar-refractivity contribution in [3.8, 4) is 11.3 Å². The summed E-state index contributed by atoms with van der Waals surface area (Å²) in [7, 11) is 5.69. The molecule has 1 aromatic carbocycles. The number of nitrogens with one attached hydrogen (secondary N) is 1. The van der Waals surface area contributed by atoms with Crippen LogP contribution in [-0.4, -0.2) is 57.7 Å². The predicted molar refractivity (Wildman–Crippen MR) is 108 cm³/mol. The summed E-state index contributed by atoms with van der Waals surface area (Å²) in [6, 6.07) is 3.82. The first-order valence-electron chi connectivity index (χ1n) is 8.79. The summed E-state index contributed by atoms with van der Waals surface area (Å²) in [6.45, 7) is 1.65. The van der Waals surface area contributed by atoms with Crippen LogP contribution in [0.4, 0.5) is 0 Å². The molecule has 8 heteroatoms. The zero-order chi connectivity index (χ0) is 19.3. The van der Waals surface area contributed by atoms with Crippen LogP contribution in [-0.2, 0) is 24.8 Å². The van der Waals surface area contributed by atoms with Gasteiger partial charge in [0.15, 0.2) is 0 Å². The number of aryl methyl sites for hydroxylation is 1. The summed E-state index contributed by atoms with van der Waals surface area (Å²) in [6.07, 6.45) is 2.66. The zero-order valence-electron chi connectivity index (χ0n) is 15.5. The Kier molecular flexibility index (Phi) is 4.66. The van der Waals surface area contributed by atoms with Gasteiger partial charge in [0.2, 0.25) is 5.91 Å². The molecule has 1 amide bonds. The number of rotatable bonds is 3. The number of hydrogen-bond donors (Lipinski definition) is 1. The Bertz CT molecular complexity index is 1040. The van der Waals surface area contributed by atoms with Crippen molar-refractivity contribution in [3.05, 3.63) is 39.6 Å². The van der Waals surface area contributed by atoms with Crippen molar-refractivity contribution in [1.82, 2.24) is 24.6 Å². The largest absolute Gasteiger partial charge is 0.357 e. The maximum absolute atomic E-state index is 12.6. The van der Waals surface area contributed by atoms with E-state index in [1.165, 1.54) is 0 Å². The minimum absolute atomic E-state index is 0.124. The monoisotopic (exact) mass is 405 g/mol. The zero-order valence-corrected chi connectivity index (χ0v) is 17.0. The number of likely N-dealkylation sites (N-methyl/N-ethyl adjacent to an activating group) is 1. The summed E-state index contributed by atoms with van der Waals surface area (Å²) in [4.78, 5) is 19.8. The van der Waals surface area contributed by atoms with Crippen molar-refractivity contribution in [2.75, 3.05) is 27.2 Å². The summed E-state index contributed by atoms with van der Waals surface area (Å²) >= 11 is 12.9. The summed E-state index contributed by atoms with van der Waals surface area (Å²) in [5.74, 6) is 0.124. The highest BCUT2D eigenvalue weighted by molar-refractivity contribution is 6.45. The van der Waals surface area contributed by atoms with Gasteiger partial charge in [-0.25, -0.2) is 0 Å². The molecule has 1 aliphatic rings. The van der Waals surface area contributed by atoms with Gasteiger partial charge in [-0.05, 0) is 26.2 Å². The predicted octanol–water partition coefficient (Wildman–Crippen LogP) is 3.32. The van der Waals surface area contributed by atoms with E-state index in [0.717, 1.165) is 39.8 Å². The van der Waals surface area contributed by atoms with E-state index in [9.17, 15) is 4.79 Å². The first-order valence-corrected chi connectivity index (χ1v) is 9.54. The molecule has 0 saturated heterocycles. The van der Waals surface area contributed by atoms with Gasteiger partial charge in [0.05, 0.1) is 27.8 Å². The Hall–Kier alpha value is -2.02. The molecule has 0 radical (unpaired) electrons. The molecular formula is C19H21Cl2N5O. The molecule has 4 rings (SSSR count). The Balaban J connectivity index is 1.86. The van der Waals surface area contributed by atoms with E-state index in [1.54, 1.807) is 4.68 Å². The second-order valence-electron chi connectivity index (χ2n) is 7.23. The van der Waals surface area contributed by atoms with Crippen molar-refractivity contribution in [2.24, 2.45) is 7.05 Å². The lowest BCUT2D eigenvalue weighted by molar-refractivity contribution is -0.132. The van der Waals surface area contributed by atoms with E-state index in [2.05, 4.69) is 10.1 Å². The van der Waals surface area contributed by atoms with Crippen LogP contribution in [0.15, 0.2) is 18.3 Å². The molecular weight excluding hydrogens is 385 g/mol. The van der Waals surface area contributed by atoms with Gasteiger partial charge in [-0.2, -0.15) is 5.10 Å². The van der Waals surface area contributed by atoms with Gasteiger partial charge in [0, 0.05) is 55.0 Å². The number of fused-ring (bicyclic) bond motifs is 3. The minimum atomic E-state index is 0.124. The van der Waals surface area contributed by atoms with E-state index < -0.39 is 0 Å². The summed E-state index contributed by atoms with van der Waals surface area (Å²) in [5, 5.41) is 6.53. The highest BCUT2D eigenvalue weighted by Crippen LogP contribution is 2.41. The highest BCUT2D eigenvalue weighted by Gasteiger charge is 2.27. The molecule has 0 atom stereocenters. The van der Waals surface area contributed by atoms with E-state index in [1.807, 2.05) is 49.3 Å². The number of halogens is 2. The normalized spacial score (nSPS) is 14.2. The fourth-order valence-corrected chi connectivity index (χ4v) is 4.08. The lowest BCUT2D eigenvalue weighted by atomic mass is 9.99. The Morgan fingerprint density at radius 3 is 2.81 bits per heavy atom. The number of hydrogen-bond acceptors (Lipinski definition) is 3. The smallest absolute Gasteiger partial charge is 0.237 e. The number of aromatic nitrogens is 3. The molecule has 3 heterocycles. The second kappa shape index (κ2) is 6.86. The van der Waals surface area contributed by atoms with Gasteiger partial charge in [-0.15, -0.1) is 0 Å². The van der Waals surface area contributed by atoms with Crippen LogP contribution in [0.1, 0.15) is 11.3 Å². The molecule has 1 N–H and O–H groups in total. The van der Waals surface area contributed by atoms with Crippen LogP contribution < -0.4 is 0 Å². The Morgan fingerprint density at radius 2 is 2.15 bits per heavy atom. The average Bonchev–Trinajstić information content (AvgIpc) is 3.21. The molecule has 142 valence electrons. The fourth-order valence-electron chi connectivity index (χ4n) is 3.68. The van der Waals surface area contributed by atoms with Crippen LogP contribution in [0.25, 0.3) is 22.2 Å². The Labute approximate surface area is 167 Å². The fraction of sp³-hybridized carbons (Fsp3) is 0.368. The average molecular weight is 406 g/mol. The minimum Gasteiger partial charge on any atom is -0.357 e. The number of carbonyl (C=O) groups excluding carboxylic acids is 1. The SMILES string of the molecule is CN(C)CC(=O)N1CCc2[nH]c3c(Cl)c(Cl)cc(-c4ccn(C)n4)c3c2C1. The molecule has 0 fully saturated rings. The molecule has 6 nitrogen and oxygen atoms in total. The van der Waals surface area contributed by atoms with Crippen LogP contribution in [0.5, 0.6) is 0 Å². The van der Waals surface area contributed by atoms with Gasteiger partial charge in [0.1, 0.15) is 0 Å². The summed E-state index contributed by atoms with van der Waals surface area (Å²) < 4.78 is 1.76. The standard InChI is InChI=1S/C19H21Cl2N5O/c1-24(2)10-16(27)26-7-5-14-12(9-26)17-11(15-4-6-25(3)23-15)8-13(20)18(21)19(17)22-14/h4,6,8,22H,5,7,9-10H2,1-3H3. The third-order valence-electron chi connectivity index (χ3n) is 4.94. The molecule has 0 unspecified atom stereocenters. The van der Waals surface area contributed by atoms with Gasteiger partial charge in [-0.3, -0.25) is 9.48 Å². The van der Waals surface area contributed by atoms with Gasteiger partial charge >= 0.3 is 0 Å². The Morgan fingerprint density at radius 1 is 1.37 bits per heavy atom. The third-order valence-corrected chi connectivity index (χ3v) is 5.72. The summed E-state index contributed by atoms with van der Waals surface area (Å²) in [5.41, 5.74) is 4.79. The lowest BCUT2D eigenvalue weighted by Crippen LogP contribution is -2.40. The number of nitrogens with zero attached hydrogens (tertiary/aromatic N) is 4. The van der Waals surface area contributed by atoms with E-state index in [0.29, 0.717) is 29.7 Å². The maximum atomic E-state index is 12.6. The number of H-pyrrole nitrogens is 1. The van der Waals surface area contributed by atoms with Crippen molar-refractivity contribution >= 4 is 40.0 Å². The van der Waals surface area contributed by atoms with Crippen molar-refractivity contribution in [3.63, 3.8) is 0 Å². The number of amides is 1. The van der Waals surface area contributed by atoms with Gasteiger partial charge in [0.25, 0.3) is 0 Å². The number of benzene rings is 1. The molecule has 0 spiro atoms. The van der Waals surface area contributed by atoms with Crippen LogP contribution in [0.3, 0.4) is 0 Å². The first-order chi connectivity index (χ1) is 12.8. The molecule has 0 aliphatic carbocycles. The van der Waals surface area contributed by atoms with Crippen molar-refractivity contribution < 1.29 is 4.79 Å². The van der Waals surface area contributed by atoms with Gasteiger partial charge in [-0.1, -0.05) is 23.2 Å². The third kappa shape index (κ3) is 3.22. The quantitative estimate of drug-likeness (QED) is 0.726. The molecule has 2 aromatic heterocycles. The molecule has 0 bridgehead atoms. The van der Waals surface area contributed by atoms with E-state index in [-0.39, 0.29) is 5.91 Å². The van der Waals surface area contributed by atoms with Crippen LogP contribution >= 0.6 is 23.2 Å². The molecule has 3 aromatic rings. The molecule has 0 saturated carbocycles. The van der Waals surface area contributed by atoms with Crippen LogP contribution in [0, 0.1) is 0 Å².